The summed E-state index contributed by atoms with van der Waals surface area (Å²) in [6.07, 6.45) is 3.86. The number of thioether (sulfide) groups is 1. The average molecular weight is 484 g/mol. The zero-order chi connectivity index (χ0) is 23.0. The van der Waals surface area contributed by atoms with Crippen LogP contribution in [0.4, 0.5) is 5.13 Å². The fraction of sp³-hybridized carbons (Fsp3) is 0.227. The van der Waals surface area contributed by atoms with Gasteiger partial charge in [-0.05, 0) is 30.7 Å². The Hall–Kier alpha value is -3.44. The Balaban J connectivity index is 1.42. The van der Waals surface area contributed by atoms with Crippen LogP contribution < -0.4 is 16.2 Å². The van der Waals surface area contributed by atoms with Gasteiger partial charge in [-0.3, -0.25) is 19.0 Å². The first-order chi connectivity index (χ1) is 16.1. The Bertz CT molecular complexity index is 1290. The maximum absolute atomic E-state index is 13.1. The summed E-state index contributed by atoms with van der Waals surface area (Å²) in [5.74, 6) is 0.382. The molecule has 4 aromatic rings. The fourth-order valence-corrected chi connectivity index (χ4v) is 4.48. The van der Waals surface area contributed by atoms with Crippen LogP contribution in [0.3, 0.4) is 0 Å². The van der Waals surface area contributed by atoms with E-state index in [9.17, 15) is 14.4 Å². The Labute approximate surface area is 197 Å². The van der Waals surface area contributed by atoms with Crippen LogP contribution in [-0.4, -0.2) is 32.1 Å². The number of thiazole rings is 1. The number of fused-ring (bicyclic) bond motifs is 1. The molecule has 0 radical (unpaired) electrons. The molecule has 170 valence electrons. The van der Waals surface area contributed by atoms with Gasteiger partial charge in [0.25, 0.3) is 5.56 Å². The molecule has 0 aliphatic carbocycles. The molecule has 2 amide bonds. The molecule has 9 nitrogen and oxygen atoms in total. The Kier molecular flexibility index (Phi) is 7.53. The number of furan rings is 1. The maximum Gasteiger partial charge on any atom is 0.262 e. The van der Waals surface area contributed by atoms with E-state index >= 15 is 0 Å². The van der Waals surface area contributed by atoms with Crippen molar-refractivity contribution in [1.82, 2.24) is 19.9 Å². The highest BCUT2D eigenvalue weighted by Crippen LogP contribution is 2.19. The van der Waals surface area contributed by atoms with Gasteiger partial charge < -0.3 is 15.1 Å². The SMILES string of the molecule is O=C(CCCn1c(SCC(=O)Nc2nccs2)nc2ccccc2c1=O)NCc1ccco1. The summed E-state index contributed by atoms with van der Waals surface area (Å²) < 4.78 is 6.73. The smallest absolute Gasteiger partial charge is 0.262 e. The average Bonchev–Trinajstić information content (AvgIpc) is 3.52. The van der Waals surface area contributed by atoms with E-state index in [-0.39, 0.29) is 29.5 Å². The van der Waals surface area contributed by atoms with Crippen molar-refractivity contribution in [1.29, 1.82) is 0 Å². The van der Waals surface area contributed by atoms with E-state index in [0.29, 0.717) is 46.5 Å². The number of anilines is 1. The summed E-state index contributed by atoms with van der Waals surface area (Å²) in [6.45, 7) is 0.625. The largest absolute Gasteiger partial charge is 0.467 e. The highest BCUT2D eigenvalue weighted by molar-refractivity contribution is 7.99. The number of carbonyl (C=O) groups is 2. The van der Waals surface area contributed by atoms with Crippen molar-refractivity contribution in [2.45, 2.75) is 31.1 Å². The molecule has 4 rings (SSSR count). The molecule has 2 N–H and O–H groups in total. The highest BCUT2D eigenvalue weighted by Gasteiger charge is 2.14. The predicted molar refractivity (Wildman–Crippen MR) is 127 cm³/mol. The third kappa shape index (κ3) is 6.08. The van der Waals surface area contributed by atoms with Crippen LogP contribution in [0, 0.1) is 0 Å². The minimum atomic E-state index is -0.235. The summed E-state index contributed by atoms with van der Waals surface area (Å²) in [5.41, 5.74) is 0.372. The van der Waals surface area contributed by atoms with Gasteiger partial charge in [-0.2, -0.15) is 0 Å². The summed E-state index contributed by atoms with van der Waals surface area (Å²) in [4.78, 5) is 46.2. The fourth-order valence-electron chi connectivity index (χ4n) is 3.11. The van der Waals surface area contributed by atoms with E-state index < -0.39 is 0 Å². The molecule has 0 unspecified atom stereocenters. The van der Waals surface area contributed by atoms with Crippen LogP contribution in [-0.2, 0) is 22.7 Å². The lowest BCUT2D eigenvalue weighted by Crippen LogP contribution is -2.26. The second kappa shape index (κ2) is 10.9. The normalized spacial score (nSPS) is 10.9. The lowest BCUT2D eigenvalue weighted by Gasteiger charge is -2.13. The van der Waals surface area contributed by atoms with E-state index in [1.54, 1.807) is 48.2 Å². The first-order valence-electron chi connectivity index (χ1n) is 10.2. The number of hydrogen-bond donors (Lipinski definition) is 2. The van der Waals surface area contributed by atoms with E-state index in [1.807, 2.05) is 6.07 Å². The zero-order valence-corrected chi connectivity index (χ0v) is 19.2. The minimum absolute atomic E-state index is 0.0774. The number of nitrogens with zero attached hydrogens (tertiary/aromatic N) is 3. The third-order valence-electron chi connectivity index (χ3n) is 4.66. The van der Waals surface area contributed by atoms with Gasteiger partial charge in [0, 0.05) is 24.5 Å². The number of aromatic nitrogens is 3. The van der Waals surface area contributed by atoms with Crippen LogP contribution in [0.5, 0.6) is 0 Å². The third-order valence-corrected chi connectivity index (χ3v) is 6.33. The van der Waals surface area contributed by atoms with Gasteiger partial charge >= 0.3 is 0 Å². The van der Waals surface area contributed by atoms with E-state index in [2.05, 4.69) is 20.6 Å². The second-order valence-electron chi connectivity index (χ2n) is 7.00. The molecular formula is C22H21N5O4S2. The Morgan fingerprint density at radius 3 is 2.82 bits per heavy atom. The molecule has 0 bridgehead atoms. The van der Waals surface area contributed by atoms with E-state index in [0.717, 1.165) is 0 Å². The van der Waals surface area contributed by atoms with Crippen molar-refractivity contribution >= 4 is 50.9 Å². The molecule has 0 aliphatic heterocycles. The summed E-state index contributed by atoms with van der Waals surface area (Å²) >= 11 is 2.51. The molecule has 3 heterocycles. The topological polar surface area (TPSA) is 119 Å². The molecular weight excluding hydrogens is 462 g/mol. The lowest BCUT2D eigenvalue weighted by molar-refractivity contribution is -0.121. The summed E-state index contributed by atoms with van der Waals surface area (Å²) in [7, 11) is 0. The molecule has 33 heavy (non-hydrogen) atoms. The minimum Gasteiger partial charge on any atom is -0.467 e. The first-order valence-corrected chi connectivity index (χ1v) is 12.1. The molecule has 0 spiro atoms. The number of nitrogens with one attached hydrogen (secondary N) is 2. The van der Waals surface area contributed by atoms with E-state index in [1.165, 1.54) is 27.7 Å². The van der Waals surface area contributed by atoms with Gasteiger partial charge in [-0.25, -0.2) is 9.97 Å². The molecule has 0 saturated carbocycles. The predicted octanol–water partition coefficient (Wildman–Crippen LogP) is 3.27. The molecule has 3 aromatic heterocycles. The molecule has 0 fully saturated rings. The molecule has 0 atom stereocenters. The molecule has 0 aliphatic rings. The summed E-state index contributed by atoms with van der Waals surface area (Å²) in [5, 5.41) is 8.73. The van der Waals surface area contributed by atoms with Gasteiger partial charge in [0.15, 0.2) is 10.3 Å². The van der Waals surface area contributed by atoms with Gasteiger partial charge in [0.05, 0.1) is 29.5 Å². The quantitative estimate of drug-likeness (QED) is 0.262. The van der Waals surface area contributed by atoms with Crippen molar-refractivity contribution < 1.29 is 14.0 Å². The van der Waals surface area contributed by atoms with Crippen LogP contribution in [0.2, 0.25) is 0 Å². The van der Waals surface area contributed by atoms with Gasteiger partial charge in [0.1, 0.15) is 5.76 Å². The number of hydrogen-bond acceptors (Lipinski definition) is 8. The number of carbonyl (C=O) groups excluding carboxylic acids is 2. The second-order valence-corrected chi connectivity index (χ2v) is 8.84. The van der Waals surface area contributed by atoms with Crippen molar-refractivity contribution in [3.05, 3.63) is 70.4 Å². The highest BCUT2D eigenvalue weighted by atomic mass is 32.2. The van der Waals surface area contributed by atoms with Gasteiger partial charge in [-0.1, -0.05) is 23.9 Å². The zero-order valence-electron chi connectivity index (χ0n) is 17.5. The Morgan fingerprint density at radius 1 is 1.15 bits per heavy atom. The maximum atomic E-state index is 13.1. The van der Waals surface area contributed by atoms with Crippen LogP contribution >= 0.6 is 23.1 Å². The number of rotatable bonds is 10. The molecule has 1 aromatic carbocycles. The number of amides is 2. The van der Waals surface area contributed by atoms with Crippen LogP contribution in [0.15, 0.2) is 68.6 Å². The summed E-state index contributed by atoms with van der Waals surface area (Å²) in [6, 6.07) is 10.6. The monoisotopic (exact) mass is 483 g/mol. The first kappa shape index (κ1) is 22.7. The molecule has 11 heteroatoms. The van der Waals surface area contributed by atoms with Crippen molar-refractivity contribution in [3.63, 3.8) is 0 Å². The van der Waals surface area contributed by atoms with Gasteiger partial charge in [-0.15, -0.1) is 11.3 Å². The molecule has 0 saturated heterocycles. The number of para-hydroxylation sites is 1. The van der Waals surface area contributed by atoms with E-state index in [4.69, 9.17) is 4.42 Å². The van der Waals surface area contributed by atoms with Crippen LogP contribution in [0.1, 0.15) is 18.6 Å². The van der Waals surface area contributed by atoms with Crippen molar-refractivity contribution in [3.8, 4) is 0 Å². The van der Waals surface area contributed by atoms with Crippen molar-refractivity contribution in [2.75, 3.05) is 11.1 Å². The van der Waals surface area contributed by atoms with Crippen molar-refractivity contribution in [2.24, 2.45) is 0 Å². The number of benzene rings is 1. The van der Waals surface area contributed by atoms with Gasteiger partial charge in [0.2, 0.25) is 11.8 Å². The standard InChI is InChI=1S/C22H21N5O4S2/c28-18(24-13-15-5-4-11-31-15)8-3-10-27-20(30)16-6-1-2-7-17(16)25-22(27)33-14-19(29)26-21-23-9-12-32-21/h1-2,4-7,9,11-12H,3,8,10,13-14H2,(H,24,28)(H,23,26,29). The Morgan fingerprint density at radius 2 is 2.03 bits per heavy atom. The van der Waals surface area contributed by atoms with Crippen LogP contribution in [0.25, 0.3) is 10.9 Å². The lowest BCUT2D eigenvalue weighted by atomic mass is 10.2.